The molecule has 1 aromatic heterocycles. The highest BCUT2D eigenvalue weighted by atomic mass is 35.5. The van der Waals surface area contributed by atoms with Gasteiger partial charge in [-0.3, -0.25) is 0 Å². The molecule has 1 heterocycles. The van der Waals surface area contributed by atoms with Crippen molar-refractivity contribution in [3.8, 4) is 23.5 Å². The van der Waals surface area contributed by atoms with E-state index in [-0.39, 0.29) is 18.0 Å². The molecule has 0 atom stereocenters. The number of nitrogens with two attached hydrogens (primary N) is 1. The molecule has 116 valence electrons. The lowest BCUT2D eigenvalue weighted by molar-refractivity contribution is 0.399. The highest BCUT2D eigenvalue weighted by Crippen LogP contribution is 2.30. The third-order valence-corrected chi connectivity index (χ3v) is 3.31. The average Bonchev–Trinajstić information content (AvgIpc) is 2.51. The molecule has 0 amide bonds. The first-order valence-corrected chi connectivity index (χ1v) is 7.24. The van der Waals surface area contributed by atoms with Crippen molar-refractivity contribution < 1.29 is 9.47 Å². The van der Waals surface area contributed by atoms with Crippen LogP contribution in [0.1, 0.15) is 0 Å². The number of anilines is 1. The number of hydrogen-bond donors (Lipinski definition) is 1. The molecule has 3 aromatic rings. The van der Waals surface area contributed by atoms with Gasteiger partial charge in [0.25, 0.3) is 0 Å². The van der Waals surface area contributed by atoms with Crippen LogP contribution in [0.3, 0.4) is 0 Å². The average molecular weight is 349 g/mol. The number of rotatable bonds is 4. The molecule has 0 bridgehead atoms. The Bertz CT molecular complexity index is 779. The van der Waals surface area contributed by atoms with Crippen molar-refractivity contribution >= 4 is 29.2 Å². The van der Waals surface area contributed by atoms with E-state index in [1.807, 2.05) is 0 Å². The van der Waals surface area contributed by atoms with E-state index in [9.17, 15) is 0 Å². The standard InChI is InChI=1S/C15H10Cl2N4O2/c16-9-5-1-3-7-11(9)22-14-19-13(18)20-15(21-14)23-12-8-4-2-6-10(12)17/h1-8H,(H2,18,19,20,21). The predicted molar refractivity (Wildman–Crippen MR) is 87.3 cm³/mol. The lowest BCUT2D eigenvalue weighted by atomic mass is 10.3. The molecule has 0 fully saturated rings. The zero-order chi connectivity index (χ0) is 16.2. The number of halogens is 2. The van der Waals surface area contributed by atoms with Crippen LogP contribution < -0.4 is 15.2 Å². The lowest BCUT2D eigenvalue weighted by Gasteiger charge is -2.08. The van der Waals surface area contributed by atoms with Crippen molar-refractivity contribution in [2.24, 2.45) is 0 Å². The van der Waals surface area contributed by atoms with E-state index in [0.29, 0.717) is 21.5 Å². The molecule has 0 aliphatic heterocycles. The van der Waals surface area contributed by atoms with E-state index in [0.717, 1.165) is 0 Å². The van der Waals surface area contributed by atoms with E-state index in [4.69, 9.17) is 38.4 Å². The van der Waals surface area contributed by atoms with Crippen LogP contribution >= 0.6 is 23.2 Å². The Labute approximate surface area is 141 Å². The Morgan fingerprint density at radius 2 is 1.13 bits per heavy atom. The van der Waals surface area contributed by atoms with Crippen LogP contribution in [0.2, 0.25) is 10.0 Å². The summed E-state index contributed by atoms with van der Waals surface area (Å²) in [7, 11) is 0. The minimum absolute atomic E-state index is 0.0346. The Morgan fingerprint density at radius 1 is 0.696 bits per heavy atom. The van der Waals surface area contributed by atoms with Gasteiger partial charge in [-0.1, -0.05) is 47.5 Å². The van der Waals surface area contributed by atoms with Crippen molar-refractivity contribution in [1.29, 1.82) is 0 Å². The smallest absolute Gasteiger partial charge is 0.330 e. The molecule has 0 aliphatic carbocycles. The number of aromatic nitrogens is 3. The minimum atomic E-state index is -0.0518. The molecular formula is C15H10Cl2N4O2. The molecular weight excluding hydrogens is 339 g/mol. The fourth-order valence-corrected chi connectivity index (χ4v) is 2.04. The Balaban J connectivity index is 1.88. The summed E-state index contributed by atoms with van der Waals surface area (Å²) in [4.78, 5) is 11.8. The molecule has 0 radical (unpaired) electrons. The molecule has 0 aliphatic rings. The van der Waals surface area contributed by atoms with Crippen molar-refractivity contribution in [3.05, 3.63) is 58.6 Å². The van der Waals surface area contributed by atoms with Gasteiger partial charge in [-0.15, -0.1) is 4.98 Å². The number of ether oxygens (including phenoxy) is 2. The van der Waals surface area contributed by atoms with Crippen LogP contribution in [0.15, 0.2) is 48.5 Å². The maximum absolute atomic E-state index is 6.03. The maximum Gasteiger partial charge on any atom is 0.330 e. The monoisotopic (exact) mass is 348 g/mol. The normalized spacial score (nSPS) is 10.3. The van der Waals surface area contributed by atoms with E-state index in [1.54, 1.807) is 48.5 Å². The van der Waals surface area contributed by atoms with Gasteiger partial charge in [-0.05, 0) is 24.3 Å². The van der Waals surface area contributed by atoms with Crippen molar-refractivity contribution in [1.82, 2.24) is 15.0 Å². The molecule has 0 unspecified atom stereocenters. The highest BCUT2D eigenvalue weighted by molar-refractivity contribution is 6.32. The maximum atomic E-state index is 6.03. The summed E-state index contributed by atoms with van der Waals surface area (Å²) in [5.74, 6) is 0.732. The summed E-state index contributed by atoms with van der Waals surface area (Å²) in [6, 6.07) is 13.8. The number of nitrogens with zero attached hydrogens (tertiary/aromatic N) is 3. The van der Waals surface area contributed by atoms with Crippen LogP contribution in [0.5, 0.6) is 23.5 Å². The van der Waals surface area contributed by atoms with E-state index in [1.165, 1.54) is 0 Å². The summed E-state index contributed by atoms with van der Waals surface area (Å²) in [6.07, 6.45) is 0. The predicted octanol–water partition coefficient (Wildman–Crippen LogP) is 4.35. The SMILES string of the molecule is Nc1nc(Oc2ccccc2Cl)nc(Oc2ccccc2Cl)n1. The second-order valence-corrected chi connectivity index (χ2v) is 5.14. The molecule has 3 rings (SSSR count). The zero-order valence-corrected chi connectivity index (χ0v) is 13.1. The first kappa shape index (κ1) is 15.3. The van der Waals surface area contributed by atoms with Crippen molar-refractivity contribution in [2.45, 2.75) is 0 Å². The van der Waals surface area contributed by atoms with Crippen molar-refractivity contribution in [3.63, 3.8) is 0 Å². The van der Waals surface area contributed by atoms with Crippen LogP contribution in [0.4, 0.5) is 5.95 Å². The Hall–Kier alpha value is -2.57. The third-order valence-electron chi connectivity index (χ3n) is 2.69. The molecule has 0 saturated heterocycles. The molecule has 8 heteroatoms. The molecule has 2 aromatic carbocycles. The zero-order valence-electron chi connectivity index (χ0n) is 11.6. The van der Waals surface area contributed by atoms with Gasteiger partial charge >= 0.3 is 12.0 Å². The van der Waals surface area contributed by atoms with Gasteiger partial charge in [0.15, 0.2) is 0 Å². The number of benzene rings is 2. The Kier molecular flexibility index (Phi) is 4.45. The highest BCUT2D eigenvalue weighted by Gasteiger charge is 2.11. The molecule has 6 nitrogen and oxygen atoms in total. The fraction of sp³-hybridized carbons (Fsp3) is 0. The van der Waals surface area contributed by atoms with Gasteiger partial charge < -0.3 is 15.2 Å². The molecule has 0 spiro atoms. The summed E-state index contributed by atoms with van der Waals surface area (Å²) in [5.41, 5.74) is 5.65. The van der Waals surface area contributed by atoms with Crippen LogP contribution in [0, 0.1) is 0 Å². The summed E-state index contributed by atoms with van der Waals surface area (Å²) in [5, 5.41) is 0.833. The number of para-hydroxylation sites is 2. The minimum Gasteiger partial charge on any atom is -0.423 e. The van der Waals surface area contributed by atoms with E-state index >= 15 is 0 Å². The second-order valence-electron chi connectivity index (χ2n) is 4.32. The largest absolute Gasteiger partial charge is 0.423 e. The topological polar surface area (TPSA) is 83.2 Å². The quantitative estimate of drug-likeness (QED) is 0.754. The van der Waals surface area contributed by atoms with Crippen LogP contribution in [-0.2, 0) is 0 Å². The van der Waals surface area contributed by atoms with Crippen LogP contribution in [-0.4, -0.2) is 15.0 Å². The molecule has 23 heavy (non-hydrogen) atoms. The summed E-state index contributed by atoms with van der Waals surface area (Å²) in [6.45, 7) is 0. The van der Waals surface area contributed by atoms with Crippen LogP contribution in [0.25, 0.3) is 0 Å². The fourth-order valence-electron chi connectivity index (χ4n) is 1.70. The lowest BCUT2D eigenvalue weighted by Crippen LogP contribution is -2.03. The van der Waals surface area contributed by atoms with Gasteiger partial charge in [0.05, 0.1) is 10.0 Å². The van der Waals surface area contributed by atoms with Crippen molar-refractivity contribution in [2.75, 3.05) is 5.73 Å². The first-order chi connectivity index (χ1) is 11.1. The van der Waals surface area contributed by atoms with E-state index < -0.39 is 0 Å². The Morgan fingerprint density at radius 3 is 1.57 bits per heavy atom. The second kappa shape index (κ2) is 6.68. The van der Waals surface area contributed by atoms with Gasteiger partial charge in [0, 0.05) is 0 Å². The third kappa shape index (κ3) is 3.80. The molecule has 2 N–H and O–H groups in total. The summed E-state index contributed by atoms with van der Waals surface area (Å²) >= 11 is 12.1. The van der Waals surface area contributed by atoms with Gasteiger partial charge in [0.2, 0.25) is 5.95 Å². The number of nitrogen functional groups attached to an aromatic ring is 1. The number of hydrogen-bond acceptors (Lipinski definition) is 6. The van der Waals surface area contributed by atoms with Gasteiger partial charge in [0.1, 0.15) is 11.5 Å². The molecule has 0 saturated carbocycles. The van der Waals surface area contributed by atoms with E-state index in [2.05, 4.69) is 15.0 Å². The summed E-state index contributed by atoms with van der Waals surface area (Å²) < 4.78 is 11.0. The van der Waals surface area contributed by atoms with Gasteiger partial charge in [-0.25, -0.2) is 0 Å². The first-order valence-electron chi connectivity index (χ1n) is 6.48. The van der Waals surface area contributed by atoms with Gasteiger partial charge in [-0.2, -0.15) is 9.97 Å².